The highest BCUT2D eigenvalue weighted by molar-refractivity contribution is 5.87. The highest BCUT2D eigenvalue weighted by Crippen LogP contribution is 2.66. The Morgan fingerprint density at radius 3 is 1.83 bits per heavy atom. The lowest BCUT2D eigenvalue weighted by atomic mass is 9.70. The molecule has 4 heteroatoms. The Bertz CT molecular complexity index is 517. The molecule has 0 aromatic rings. The number of hydrogen-bond acceptors (Lipinski definition) is 4. The van der Waals surface area contributed by atoms with E-state index in [9.17, 15) is 9.59 Å². The summed E-state index contributed by atoms with van der Waals surface area (Å²) >= 11 is 0. The van der Waals surface area contributed by atoms with Gasteiger partial charge in [0.15, 0.2) is 0 Å². The number of carbonyl (C=O) groups excluding carboxylic acids is 2. The maximum atomic E-state index is 11.6. The number of ether oxygens (including phenoxy) is 2. The fourth-order valence-electron chi connectivity index (χ4n) is 3.71. The molecule has 4 nitrogen and oxygen atoms in total. The zero-order chi connectivity index (χ0) is 18.0. The van der Waals surface area contributed by atoms with E-state index in [4.69, 9.17) is 4.74 Å². The molecule has 130 valence electrons. The van der Waals surface area contributed by atoms with Crippen molar-refractivity contribution in [3.8, 4) is 0 Å². The Kier molecular flexibility index (Phi) is 5.84. The smallest absolute Gasteiger partial charge is 0.333 e. The number of fused-ring (bicyclic) bond motifs is 2. The fourth-order valence-corrected chi connectivity index (χ4v) is 3.71. The zero-order valence-electron chi connectivity index (χ0n) is 15.3. The van der Waals surface area contributed by atoms with E-state index < -0.39 is 0 Å². The van der Waals surface area contributed by atoms with Gasteiger partial charge in [0.05, 0.1) is 7.11 Å². The fraction of sp³-hybridized carbons (Fsp3) is 0.684. The summed E-state index contributed by atoms with van der Waals surface area (Å²) < 4.78 is 9.88. The molecule has 2 bridgehead atoms. The van der Waals surface area contributed by atoms with Gasteiger partial charge in [-0.05, 0) is 44.4 Å². The van der Waals surface area contributed by atoms with Crippen molar-refractivity contribution in [3.05, 3.63) is 24.3 Å². The van der Waals surface area contributed by atoms with Crippen LogP contribution in [0.15, 0.2) is 24.3 Å². The molecule has 2 aliphatic rings. The van der Waals surface area contributed by atoms with Gasteiger partial charge in [0, 0.05) is 16.6 Å². The molecule has 0 aliphatic heterocycles. The molecule has 2 fully saturated rings. The lowest BCUT2D eigenvalue weighted by Gasteiger charge is -2.38. The molecule has 0 amide bonds. The third-order valence-electron chi connectivity index (χ3n) is 5.85. The molecule has 23 heavy (non-hydrogen) atoms. The van der Waals surface area contributed by atoms with E-state index in [0.29, 0.717) is 22.5 Å². The summed E-state index contributed by atoms with van der Waals surface area (Å²) in [5.74, 6) is 0.134. The minimum atomic E-state index is -0.347. The van der Waals surface area contributed by atoms with Crippen molar-refractivity contribution in [2.24, 2.45) is 16.7 Å². The first-order valence-electron chi connectivity index (χ1n) is 8.07. The average molecular weight is 322 g/mol. The summed E-state index contributed by atoms with van der Waals surface area (Å²) in [5, 5.41) is 0. The van der Waals surface area contributed by atoms with Crippen LogP contribution in [0.4, 0.5) is 0 Å². The first-order chi connectivity index (χ1) is 10.5. The Morgan fingerprint density at radius 2 is 1.57 bits per heavy atom. The normalized spacial score (nSPS) is 30.0. The van der Waals surface area contributed by atoms with Gasteiger partial charge in [0.1, 0.15) is 6.10 Å². The molecule has 2 rings (SSSR count). The molecule has 0 radical (unpaired) electrons. The molecule has 0 heterocycles. The van der Waals surface area contributed by atoms with Crippen molar-refractivity contribution in [2.45, 2.75) is 60.0 Å². The standard InChI is InChI=1S/C14H22O2.C5H8O2/c1-9(2)12(15)16-11-8-10-6-7-14(11,5)13(10,3)4;1-4(2)5(6)7-3/h10-11H,1,6-8H2,2-5H3;1H2,2-3H3/t10-,11?,14-;/m1./s1. The van der Waals surface area contributed by atoms with E-state index in [1.165, 1.54) is 20.0 Å². The quantitative estimate of drug-likeness (QED) is 0.581. The molecule has 0 aromatic carbocycles. The van der Waals surface area contributed by atoms with Gasteiger partial charge in [-0.2, -0.15) is 0 Å². The van der Waals surface area contributed by atoms with Gasteiger partial charge >= 0.3 is 11.9 Å². The summed E-state index contributed by atoms with van der Waals surface area (Å²) in [5.41, 5.74) is 1.39. The number of esters is 2. The number of carbonyl (C=O) groups is 2. The van der Waals surface area contributed by atoms with E-state index in [2.05, 4.69) is 38.7 Å². The summed E-state index contributed by atoms with van der Waals surface area (Å²) in [6.07, 6.45) is 3.58. The van der Waals surface area contributed by atoms with Gasteiger partial charge in [-0.3, -0.25) is 0 Å². The maximum Gasteiger partial charge on any atom is 0.333 e. The predicted molar refractivity (Wildman–Crippen MR) is 90.8 cm³/mol. The van der Waals surface area contributed by atoms with Gasteiger partial charge in [0.25, 0.3) is 0 Å². The van der Waals surface area contributed by atoms with Gasteiger partial charge in [-0.15, -0.1) is 0 Å². The van der Waals surface area contributed by atoms with Crippen LogP contribution in [0, 0.1) is 16.7 Å². The topological polar surface area (TPSA) is 52.6 Å². The zero-order valence-corrected chi connectivity index (χ0v) is 15.3. The first-order valence-corrected chi connectivity index (χ1v) is 8.07. The van der Waals surface area contributed by atoms with Crippen LogP contribution in [0.2, 0.25) is 0 Å². The van der Waals surface area contributed by atoms with Crippen molar-refractivity contribution in [1.82, 2.24) is 0 Å². The summed E-state index contributed by atoms with van der Waals surface area (Å²) in [6, 6.07) is 0. The van der Waals surface area contributed by atoms with E-state index in [0.717, 1.165) is 6.42 Å². The number of rotatable bonds is 3. The average Bonchev–Trinajstić information content (AvgIpc) is 2.80. The predicted octanol–water partition coefficient (Wildman–Crippen LogP) is 4.06. The van der Waals surface area contributed by atoms with Crippen LogP contribution in [0.25, 0.3) is 0 Å². The number of hydrogen-bond donors (Lipinski definition) is 0. The Labute approximate surface area is 139 Å². The van der Waals surface area contributed by atoms with Crippen LogP contribution >= 0.6 is 0 Å². The Morgan fingerprint density at radius 1 is 1.04 bits per heavy atom. The van der Waals surface area contributed by atoms with Crippen LogP contribution in [-0.2, 0) is 19.1 Å². The maximum absolute atomic E-state index is 11.6. The summed E-state index contributed by atoms with van der Waals surface area (Å²) in [7, 11) is 1.33. The lowest BCUT2D eigenvalue weighted by molar-refractivity contribution is -0.151. The molecular weight excluding hydrogens is 292 g/mol. The van der Waals surface area contributed by atoms with Crippen molar-refractivity contribution >= 4 is 11.9 Å². The minimum absolute atomic E-state index is 0.0884. The third kappa shape index (κ3) is 3.67. The molecule has 0 aromatic heterocycles. The van der Waals surface area contributed by atoms with Gasteiger partial charge in [-0.1, -0.05) is 33.9 Å². The van der Waals surface area contributed by atoms with Crippen molar-refractivity contribution in [3.63, 3.8) is 0 Å². The molecule has 0 saturated heterocycles. The van der Waals surface area contributed by atoms with Crippen LogP contribution in [0.1, 0.15) is 53.9 Å². The summed E-state index contributed by atoms with van der Waals surface area (Å²) in [6.45, 7) is 17.2. The highest BCUT2D eigenvalue weighted by Gasteiger charge is 2.62. The molecule has 0 N–H and O–H groups in total. The Balaban J connectivity index is 0.000000322. The monoisotopic (exact) mass is 322 g/mol. The molecule has 2 aliphatic carbocycles. The summed E-state index contributed by atoms with van der Waals surface area (Å²) in [4.78, 5) is 21.8. The van der Waals surface area contributed by atoms with E-state index in [1.807, 2.05) is 0 Å². The second-order valence-electron chi connectivity index (χ2n) is 7.56. The van der Waals surface area contributed by atoms with E-state index >= 15 is 0 Å². The van der Waals surface area contributed by atoms with Gasteiger partial charge in [0.2, 0.25) is 0 Å². The Hall–Kier alpha value is -1.58. The van der Waals surface area contributed by atoms with Crippen LogP contribution in [-0.4, -0.2) is 25.2 Å². The highest BCUT2D eigenvalue weighted by atomic mass is 16.5. The molecule has 0 spiro atoms. The SMILES string of the molecule is C=C(C)C(=O)OC.C=C(C)C(=O)OC1C[C@H]2CC[C@@]1(C)C2(C)C. The number of methoxy groups -OCH3 is 1. The minimum Gasteiger partial charge on any atom is -0.466 e. The molecule has 3 atom stereocenters. The second-order valence-corrected chi connectivity index (χ2v) is 7.56. The third-order valence-corrected chi connectivity index (χ3v) is 5.85. The van der Waals surface area contributed by atoms with Crippen molar-refractivity contribution in [1.29, 1.82) is 0 Å². The largest absolute Gasteiger partial charge is 0.466 e. The second kappa shape index (κ2) is 6.90. The van der Waals surface area contributed by atoms with Crippen LogP contribution < -0.4 is 0 Å². The lowest BCUT2D eigenvalue weighted by Crippen LogP contribution is -2.38. The molecule has 2 saturated carbocycles. The van der Waals surface area contributed by atoms with Crippen molar-refractivity contribution < 1.29 is 19.1 Å². The molecular formula is C19H30O4. The van der Waals surface area contributed by atoms with E-state index in [-0.39, 0.29) is 23.5 Å². The van der Waals surface area contributed by atoms with E-state index in [1.54, 1.807) is 13.8 Å². The van der Waals surface area contributed by atoms with Crippen molar-refractivity contribution in [2.75, 3.05) is 7.11 Å². The first kappa shape index (κ1) is 19.5. The van der Waals surface area contributed by atoms with Crippen LogP contribution in [0.3, 0.4) is 0 Å². The molecule has 1 unspecified atom stereocenters. The van der Waals surface area contributed by atoms with Crippen LogP contribution in [0.5, 0.6) is 0 Å². The van der Waals surface area contributed by atoms with Gasteiger partial charge in [-0.25, -0.2) is 9.59 Å². The van der Waals surface area contributed by atoms with Gasteiger partial charge < -0.3 is 9.47 Å².